The Hall–Kier alpha value is -1.59. The molecule has 0 aromatic heterocycles. The van der Waals surface area contributed by atoms with E-state index in [1.54, 1.807) is 0 Å². The number of hydrogen-bond acceptors (Lipinski definition) is 3. The number of ether oxygens (including phenoxy) is 1. The van der Waals surface area contributed by atoms with E-state index in [-0.39, 0.29) is 12.1 Å². The van der Waals surface area contributed by atoms with Crippen molar-refractivity contribution in [2.45, 2.75) is 32.9 Å². The Bertz CT molecular complexity index is 551. The van der Waals surface area contributed by atoms with Crippen LogP contribution in [0.3, 0.4) is 0 Å². The first-order valence-corrected chi connectivity index (χ1v) is 9.55. The van der Waals surface area contributed by atoms with Crippen LogP contribution in [0.25, 0.3) is 0 Å². The number of urea groups is 1. The van der Waals surface area contributed by atoms with Crippen LogP contribution >= 0.6 is 0 Å². The molecule has 3 atom stereocenters. The number of nitrogens with zero attached hydrogens (tertiary/aromatic N) is 2. The van der Waals surface area contributed by atoms with Crippen LogP contribution in [0.5, 0.6) is 0 Å². The average molecular weight is 345 g/mol. The van der Waals surface area contributed by atoms with Gasteiger partial charge in [0, 0.05) is 51.3 Å². The zero-order valence-corrected chi connectivity index (χ0v) is 15.5. The molecule has 3 rings (SSSR count). The molecule has 1 aromatic carbocycles. The predicted molar refractivity (Wildman–Crippen MR) is 99.4 cm³/mol. The first-order valence-electron chi connectivity index (χ1n) is 9.55. The lowest BCUT2D eigenvalue weighted by Crippen LogP contribution is -2.46. The molecule has 1 aromatic rings. The van der Waals surface area contributed by atoms with Crippen molar-refractivity contribution in [1.82, 2.24) is 15.1 Å². The van der Waals surface area contributed by atoms with Gasteiger partial charge < -0.3 is 15.0 Å². The van der Waals surface area contributed by atoms with Crippen molar-refractivity contribution < 1.29 is 9.53 Å². The van der Waals surface area contributed by atoms with E-state index in [4.69, 9.17) is 4.74 Å². The van der Waals surface area contributed by atoms with Crippen LogP contribution in [0.2, 0.25) is 0 Å². The van der Waals surface area contributed by atoms with Crippen LogP contribution in [-0.4, -0.2) is 61.3 Å². The highest BCUT2D eigenvalue weighted by Crippen LogP contribution is 2.21. The summed E-state index contributed by atoms with van der Waals surface area (Å²) in [7, 11) is 0. The maximum absolute atomic E-state index is 12.6. The van der Waals surface area contributed by atoms with Crippen molar-refractivity contribution >= 4 is 6.03 Å². The quantitative estimate of drug-likeness (QED) is 0.862. The molecular weight excluding hydrogens is 314 g/mol. The van der Waals surface area contributed by atoms with E-state index in [0.29, 0.717) is 11.8 Å². The van der Waals surface area contributed by atoms with Crippen molar-refractivity contribution in [1.29, 1.82) is 0 Å². The Morgan fingerprint density at radius 2 is 2.04 bits per heavy atom. The second-order valence-corrected chi connectivity index (χ2v) is 7.47. The molecule has 0 bridgehead atoms. The van der Waals surface area contributed by atoms with E-state index >= 15 is 0 Å². The molecule has 0 unspecified atom stereocenters. The zero-order valence-electron chi connectivity index (χ0n) is 15.5. The van der Waals surface area contributed by atoms with Gasteiger partial charge in [0.25, 0.3) is 0 Å². The Morgan fingerprint density at radius 1 is 1.24 bits per heavy atom. The summed E-state index contributed by atoms with van der Waals surface area (Å²) in [6.07, 6.45) is 1.05. The third kappa shape index (κ3) is 4.95. The van der Waals surface area contributed by atoms with E-state index < -0.39 is 0 Å². The lowest BCUT2D eigenvalue weighted by atomic mass is 10.1. The Labute approximate surface area is 151 Å². The fourth-order valence-electron chi connectivity index (χ4n) is 3.91. The second-order valence-electron chi connectivity index (χ2n) is 7.47. The highest BCUT2D eigenvalue weighted by Gasteiger charge is 2.33. The van der Waals surface area contributed by atoms with Crippen LogP contribution in [0.1, 0.15) is 25.8 Å². The molecule has 2 amide bonds. The average Bonchev–Trinajstić information content (AvgIpc) is 3.21. The summed E-state index contributed by atoms with van der Waals surface area (Å²) >= 11 is 0. The molecule has 5 heteroatoms. The van der Waals surface area contributed by atoms with Crippen LogP contribution in [0.15, 0.2) is 30.3 Å². The molecule has 138 valence electrons. The van der Waals surface area contributed by atoms with Crippen molar-refractivity contribution in [2.75, 3.05) is 39.4 Å². The van der Waals surface area contributed by atoms with Crippen LogP contribution in [-0.2, 0) is 11.3 Å². The standard InChI is InChI=1S/C20H31N3O2/c1-3-25-15-18-9-10-23(13-18)20(24)21-19-14-22(11-16(19)2)12-17-7-5-4-6-8-17/h4-8,16,18-19H,3,9-15H2,1-2H3,(H,21,24)/t16-,18+,19-/m0/s1. The molecule has 0 aliphatic carbocycles. The van der Waals surface area contributed by atoms with Crippen LogP contribution < -0.4 is 5.32 Å². The summed E-state index contributed by atoms with van der Waals surface area (Å²) in [6, 6.07) is 10.9. The van der Waals surface area contributed by atoms with Crippen LogP contribution in [0.4, 0.5) is 4.79 Å². The number of rotatable bonds is 6. The number of nitrogens with one attached hydrogen (secondary N) is 1. The van der Waals surface area contributed by atoms with Gasteiger partial charge in [0.2, 0.25) is 0 Å². The van der Waals surface area contributed by atoms with Gasteiger partial charge >= 0.3 is 6.03 Å². The summed E-state index contributed by atoms with van der Waals surface area (Å²) < 4.78 is 5.50. The molecule has 0 spiro atoms. The molecule has 1 N–H and O–H groups in total. The third-order valence-corrected chi connectivity index (χ3v) is 5.38. The molecule has 2 heterocycles. The molecule has 2 fully saturated rings. The lowest BCUT2D eigenvalue weighted by molar-refractivity contribution is 0.113. The minimum absolute atomic E-state index is 0.0948. The first kappa shape index (κ1) is 18.2. The highest BCUT2D eigenvalue weighted by molar-refractivity contribution is 5.75. The smallest absolute Gasteiger partial charge is 0.317 e. The SMILES string of the molecule is CCOC[C@@H]1CCN(C(=O)N[C@H]2CN(Cc3ccccc3)C[C@@H]2C)C1. The van der Waals surface area contributed by atoms with Gasteiger partial charge in [0.1, 0.15) is 0 Å². The molecular formula is C20H31N3O2. The Morgan fingerprint density at radius 3 is 2.80 bits per heavy atom. The van der Waals surface area contributed by atoms with Crippen molar-refractivity contribution in [3.63, 3.8) is 0 Å². The van der Waals surface area contributed by atoms with Crippen molar-refractivity contribution in [3.8, 4) is 0 Å². The maximum atomic E-state index is 12.6. The lowest BCUT2D eigenvalue weighted by Gasteiger charge is -2.23. The Balaban J connectivity index is 1.45. The first-order chi connectivity index (χ1) is 12.2. The predicted octanol–water partition coefficient (Wildman–Crippen LogP) is 2.57. The molecule has 0 saturated carbocycles. The van der Waals surface area contributed by atoms with E-state index in [9.17, 15) is 4.79 Å². The summed E-state index contributed by atoms with van der Waals surface area (Å²) in [5.41, 5.74) is 1.33. The summed E-state index contributed by atoms with van der Waals surface area (Å²) in [5.74, 6) is 0.968. The van der Waals surface area contributed by atoms with Crippen LogP contribution in [0, 0.1) is 11.8 Å². The summed E-state index contributed by atoms with van der Waals surface area (Å²) in [5, 5.41) is 3.27. The molecule has 0 radical (unpaired) electrons. The minimum atomic E-state index is 0.0948. The minimum Gasteiger partial charge on any atom is -0.381 e. The highest BCUT2D eigenvalue weighted by atomic mass is 16.5. The van der Waals surface area contributed by atoms with Gasteiger partial charge in [-0.15, -0.1) is 0 Å². The van der Waals surface area contributed by atoms with Crippen molar-refractivity contribution in [3.05, 3.63) is 35.9 Å². The largest absolute Gasteiger partial charge is 0.381 e. The van der Waals surface area contributed by atoms with Gasteiger partial charge in [0.05, 0.1) is 6.61 Å². The van der Waals surface area contributed by atoms with Crippen molar-refractivity contribution in [2.24, 2.45) is 11.8 Å². The molecule has 2 saturated heterocycles. The van der Waals surface area contributed by atoms with Gasteiger partial charge in [-0.3, -0.25) is 4.90 Å². The van der Waals surface area contributed by atoms with Gasteiger partial charge in [-0.2, -0.15) is 0 Å². The van der Waals surface area contributed by atoms with Gasteiger partial charge in [-0.25, -0.2) is 4.79 Å². The monoisotopic (exact) mass is 345 g/mol. The second kappa shape index (κ2) is 8.68. The summed E-state index contributed by atoms with van der Waals surface area (Å²) in [6.45, 7) is 10.4. The molecule has 2 aliphatic rings. The Kier molecular flexibility index (Phi) is 6.32. The number of amides is 2. The molecule has 25 heavy (non-hydrogen) atoms. The van der Waals surface area contributed by atoms with Gasteiger partial charge in [-0.05, 0) is 24.8 Å². The number of benzene rings is 1. The number of likely N-dealkylation sites (tertiary alicyclic amines) is 2. The van der Waals surface area contributed by atoms with Gasteiger partial charge in [-0.1, -0.05) is 37.3 Å². The van der Waals surface area contributed by atoms with E-state index in [1.165, 1.54) is 5.56 Å². The number of carbonyl (C=O) groups is 1. The summed E-state index contributed by atoms with van der Waals surface area (Å²) in [4.78, 5) is 17.0. The fourth-order valence-corrected chi connectivity index (χ4v) is 3.91. The maximum Gasteiger partial charge on any atom is 0.317 e. The van der Waals surface area contributed by atoms with E-state index in [0.717, 1.165) is 52.4 Å². The number of hydrogen-bond donors (Lipinski definition) is 1. The van der Waals surface area contributed by atoms with E-state index in [1.807, 2.05) is 17.9 Å². The molecule has 5 nitrogen and oxygen atoms in total. The fraction of sp³-hybridized carbons (Fsp3) is 0.650. The molecule has 2 aliphatic heterocycles. The topological polar surface area (TPSA) is 44.8 Å². The normalized spacial score (nSPS) is 27.0. The third-order valence-electron chi connectivity index (χ3n) is 5.38. The zero-order chi connectivity index (χ0) is 17.6. The number of carbonyl (C=O) groups excluding carboxylic acids is 1. The van der Waals surface area contributed by atoms with Gasteiger partial charge in [0.15, 0.2) is 0 Å². The van der Waals surface area contributed by atoms with E-state index in [2.05, 4.69) is 41.4 Å².